The zero-order chi connectivity index (χ0) is 18.2. The number of carbonyl (C=O) groups is 1. The third-order valence-corrected chi connectivity index (χ3v) is 3.69. The van der Waals surface area contributed by atoms with Crippen molar-refractivity contribution in [2.75, 3.05) is 13.6 Å². The van der Waals surface area contributed by atoms with E-state index in [1.54, 1.807) is 30.2 Å². The Morgan fingerprint density at radius 3 is 2.72 bits per heavy atom. The molecule has 25 heavy (non-hydrogen) atoms. The fraction of sp³-hybridized carbons (Fsp3) is 0.333. The number of rotatable bonds is 4. The lowest BCUT2D eigenvalue weighted by Gasteiger charge is -2.16. The highest BCUT2D eigenvalue weighted by molar-refractivity contribution is 5.99. The number of hydrogen-bond donors (Lipinski definition) is 0. The van der Waals surface area contributed by atoms with Crippen molar-refractivity contribution in [1.29, 1.82) is 0 Å². The lowest BCUT2D eigenvalue weighted by molar-refractivity contribution is -0.142. The first-order chi connectivity index (χ1) is 11.8. The van der Waals surface area contributed by atoms with E-state index in [1.807, 2.05) is 0 Å². The van der Waals surface area contributed by atoms with Crippen LogP contribution in [-0.4, -0.2) is 48.8 Å². The summed E-state index contributed by atoms with van der Waals surface area (Å²) in [5.41, 5.74) is -0.887. The van der Waals surface area contributed by atoms with E-state index in [-0.39, 0.29) is 16.9 Å². The first-order valence-corrected chi connectivity index (χ1v) is 7.43. The lowest BCUT2D eigenvalue weighted by atomic mass is 10.2. The molecule has 0 aliphatic carbocycles. The van der Waals surface area contributed by atoms with Gasteiger partial charge in [0, 0.05) is 31.7 Å². The zero-order valence-electron chi connectivity index (χ0n) is 13.5. The van der Waals surface area contributed by atoms with Gasteiger partial charge in [0.05, 0.1) is 12.7 Å². The van der Waals surface area contributed by atoms with Gasteiger partial charge in [-0.2, -0.15) is 23.4 Å². The fourth-order valence-electron chi connectivity index (χ4n) is 2.43. The quantitative estimate of drug-likeness (QED) is 0.720. The molecular weight excluding hydrogens is 337 g/mol. The summed E-state index contributed by atoms with van der Waals surface area (Å²) < 4.78 is 41.8. The van der Waals surface area contributed by atoms with E-state index in [0.29, 0.717) is 17.6 Å². The average molecular weight is 352 g/mol. The summed E-state index contributed by atoms with van der Waals surface area (Å²) in [7, 11) is 1.57. The molecule has 7 nitrogen and oxygen atoms in total. The maximum absolute atomic E-state index is 13.2. The summed E-state index contributed by atoms with van der Waals surface area (Å²) in [5.74, 6) is -0.451. The van der Waals surface area contributed by atoms with Gasteiger partial charge in [-0.15, -0.1) is 0 Å². The van der Waals surface area contributed by atoms with E-state index >= 15 is 0 Å². The maximum Gasteiger partial charge on any atom is 0.433 e. The fourth-order valence-corrected chi connectivity index (χ4v) is 2.43. The first-order valence-electron chi connectivity index (χ1n) is 7.43. The molecule has 0 aliphatic rings. The summed E-state index contributed by atoms with van der Waals surface area (Å²) in [6.07, 6.45) is -0.0966. The molecule has 3 heterocycles. The molecule has 3 aromatic heterocycles. The number of hydrogen-bond acceptors (Lipinski definition) is 4. The average Bonchev–Trinajstić information content (AvgIpc) is 3.19. The number of halogens is 3. The Hall–Kier alpha value is -2.91. The van der Waals surface area contributed by atoms with Gasteiger partial charge < -0.3 is 4.90 Å². The largest absolute Gasteiger partial charge is 0.433 e. The van der Waals surface area contributed by atoms with Crippen molar-refractivity contribution >= 4 is 11.6 Å². The number of fused-ring (bicyclic) bond motifs is 1. The van der Waals surface area contributed by atoms with Gasteiger partial charge in [-0.25, -0.2) is 9.50 Å². The Morgan fingerprint density at radius 1 is 1.32 bits per heavy atom. The number of carbonyl (C=O) groups excluding carboxylic acids is 1. The van der Waals surface area contributed by atoms with Crippen LogP contribution in [-0.2, 0) is 12.7 Å². The van der Waals surface area contributed by atoms with E-state index in [9.17, 15) is 18.0 Å². The van der Waals surface area contributed by atoms with Gasteiger partial charge in [-0.05, 0) is 19.1 Å². The Morgan fingerprint density at radius 2 is 2.08 bits per heavy atom. The minimum Gasteiger partial charge on any atom is -0.340 e. The highest BCUT2D eigenvalue weighted by Gasteiger charge is 2.35. The van der Waals surface area contributed by atoms with Crippen LogP contribution < -0.4 is 0 Å². The monoisotopic (exact) mass is 352 g/mol. The predicted molar refractivity (Wildman–Crippen MR) is 81.9 cm³/mol. The molecular formula is C15H15F3N6O. The van der Waals surface area contributed by atoms with Crippen molar-refractivity contribution in [3.63, 3.8) is 0 Å². The van der Waals surface area contributed by atoms with Crippen molar-refractivity contribution in [2.45, 2.75) is 19.6 Å². The SMILES string of the molecule is Cc1cc(C(F)(F)F)n2ncc(C(=O)N(C)CCn3cccn3)c2n1. The second-order valence-corrected chi connectivity index (χ2v) is 5.57. The van der Waals surface area contributed by atoms with Gasteiger partial charge in [-0.3, -0.25) is 9.48 Å². The van der Waals surface area contributed by atoms with Gasteiger partial charge in [0.15, 0.2) is 5.65 Å². The number of aryl methyl sites for hydroxylation is 1. The van der Waals surface area contributed by atoms with Crippen LogP contribution in [0.2, 0.25) is 0 Å². The predicted octanol–water partition coefficient (Wildman–Crippen LogP) is 2.03. The molecule has 0 aromatic carbocycles. The minimum atomic E-state index is -4.59. The summed E-state index contributed by atoms with van der Waals surface area (Å²) in [6.45, 7) is 2.25. The molecule has 0 N–H and O–H groups in total. The van der Waals surface area contributed by atoms with Crippen LogP contribution in [0, 0.1) is 6.92 Å². The number of aromatic nitrogens is 5. The van der Waals surface area contributed by atoms with Crippen molar-refractivity contribution in [2.24, 2.45) is 0 Å². The third-order valence-electron chi connectivity index (χ3n) is 3.69. The van der Waals surface area contributed by atoms with Crippen LogP contribution in [0.3, 0.4) is 0 Å². The topological polar surface area (TPSA) is 68.3 Å². The van der Waals surface area contributed by atoms with E-state index in [1.165, 1.54) is 11.8 Å². The molecule has 0 radical (unpaired) electrons. The van der Waals surface area contributed by atoms with Gasteiger partial charge in [0.1, 0.15) is 11.3 Å². The molecule has 132 valence electrons. The Balaban J connectivity index is 1.90. The Bertz CT molecular complexity index is 900. The normalized spacial score (nSPS) is 11.9. The molecule has 0 atom stereocenters. The van der Waals surface area contributed by atoms with Gasteiger partial charge in [-0.1, -0.05) is 0 Å². The molecule has 0 fully saturated rings. The standard InChI is InChI=1S/C15H15F3N6O/c1-10-8-12(15(16,17)18)24-13(21-10)11(9-20-24)14(25)22(2)6-7-23-5-3-4-19-23/h3-5,8-9H,6-7H2,1-2H3. The minimum absolute atomic E-state index is 0.0252. The van der Waals surface area contributed by atoms with Gasteiger partial charge in [0.25, 0.3) is 5.91 Å². The van der Waals surface area contributed by atoms with E-state index < -0.39 is 17.8 Å². The molecule has 10 heteroatoms. The molecule has 0 aliphatic heterocycles. The lowest BCUT2D eigenvalue weighted by Crippen LogP contribution is -2.30. The van der Waals surface area contributed by atoms with Crippen LogP contribution in [0.5, 0.6) is 0 Å². The summed E-state index contributed by atoms with van der Waals surface area (Å²) in [5, 5.41) is 7.74. The second kappa shape index (κ2) is 6.19. The van der Waals surface area contributed by atoms with Crippen molar-refractivity contribution in [3.05, 3.63) is 47.7 Å². The van der Waals surface area contributed by atoms with Crippen LogP contribution >= 0.6 is 0 Å². The number of amides is 1. The summed E-state index contributed by atoms with van der Waals surface area (Å²) in [4.78, 5) is 18.0. The van der Waals surface area contributed by atoms with Crippen molar-refractivity contribution in [3.8, 4) is 0 Å². The summed E-state index contributed by atoms with van der Waals surface area (Å²) in [6, 6.07) is 2.66. The number of nitrogens with zero attached hydrogens (tertiary/aromatic N) is 6. The first kappa shape index (κ1) is 16.9. The van der Waals surface area contributed by atoms with Gasteiger partial charge in [0.2, 0.25) is 0 Å². The molecule has 0 unspecified atom stereocenters. The van der Waals surface area contributed by atoms with Gasteiger partial charge >= 0.3 is 6.18 Å². The molecule has 1 amide bonds. The number of alkyl halides is 3. The molecule has 3 aromatic rings. The maximum atomic E-state index is 13.2. The zero-order valence-corrected chi connectivity index (χ0v) is 13.5. The van der Waals surface area contributed by atoms with E-state index in [2.05, 4.69) is 15.2 Å². The highest BCUT2D eigenvalue weighted by Crippen LogP contribution is 2.30. The van der Waals surface area contributed by atoms with Crippen LogP contribution in [0.4, 0.5) is 13.2 Å². The van der Waals surface area contributed by atoms with Crippen LogP contribution in [0.15, 0.2) is 30.7 Å². The second-order valence-electron chi connectivity index (χ2n) is 5.57. The summed E-state index contributed by atoms with van der Waals surface area (Å²) >= 11 is 0. The Labute approximate surface area is 140 Å². The van der Waals surface area contributed by atoms with E-state index in [4.69, 9.17) is 0 Å². The molecule has 3 rings (SSSR count). The van der Waals surface area contributed by atoms with Crippen LogP contribution in [0.1, 0.15) is 21.7 Å². The van der Waals surface area contributed by atoms with Crippen LogP contribution in [0.25, 0.3) is 5.65 Å². The third kappa shape index (κ3) is 3.32. The Kier molecular flexibility index (Phi) is 4.19. The van der Waals surface area contributed by atoms with E-state index in [0.717, 1.165) is 12.3 Å². The van der Waals surface area contributed by atoms with Crippen molar-refractivity contribution < 1.29 is 18.0 Å². The molecule has 0 saturated heterocycles. The molecule has 0 spiro atoms. The number of likely N-dealkylation sites (N-methyl/N-ethyl adjacent to an activating group) is 1. The smallest absolute Gasteiger partial charge is 0.340 e. The molecule has 0 bridgehead atoms. The van der Waals surface area contributed by atoms with Crippen molar-refractivity contribution in [1.82, 2.24) is 29.3 Å². The molecule has 0 saturated carbocycles. The highest BCUT2D eigenvalue weighted by atomic mass is 19.4.